The molecule has 3 heteroatoms. The first-order chi connectivity index (χ1) is 12.8. The summed E-state index contributed by atoms with van der Waals surface area (Å²) in [4.78, 5) is 4.49. The summed E-state index contributed by atoms with van der Waals surface area (Å²) in [7, 11) is 0. The van der Waals surface area contributed by atoms with Crippen molar-refractivity contribution in [3.8, 4) is 22.5 Å². The fourth-order valence-corrected chi connectivity index (χ4v) is 3.33. The maximum atomic E-state index is 4.82. The summed E-state index contributed by atoms with van der Waals surface area (Å²) < 4.78 is 1.93. The molecule has 0 saturated heterocycles. The topological polar surface area (TPSA) is 30.2 Å². The Morgan fingerprint density at radius 3 is 2.35 bits per heavy atom. The van der Waals surface area contributed by atoms with E-state index >= 15 is 0 Å². The highest BCUT2D eigenvalue weighted by atomic mass is 15.3. The molecular weight excluding hydrogens is 318 g/mol. The van der Waals surface area contributed by atoms with Crippen molar-refractivity contribution in [2.75, 3.05) is 0 Å². The van der Waals surface area contributed by atoms with Crippen molar-refractivity contribution in [2.24, 2.45) is 0 Å². The molecule has 0 aliphatic carbocycles. The Kier molecular flexibility index (Phi) is 3.32. The van der Waals surface area contributed by atoms with Crippen LogP contribution in [-0.4, -0.2) is 14.6 Å². The van der Waals surface area contributed by atoms with Crippen LogP contribution in [0.15, 0.2) is 85.1 Å². The number of benzene rings is 3. The van der Waals surface area contributed by atoms with Gasteiger partial charge in [0.2, 0.25) is 0 Å². The molecule has 3 aromatic carbocycles. The average Bonchev–Trinajstić information content (AvgIpc) is 3.12. The Morgan fingerprint density at radius 1 is 0.731 bits per heavy atom. The van der Waals surface area contributed by atoms with E-state index in [1.807, 2.05) is 22.8 Å². The average molecular weight is 335 g/mol. The molecule has 5 aromatic rings. The zero-order chi connectivity index (χ0) is 17.5. The zero-order valence-electron chi connectivity index (χ0n) is 14.4. The summed E-state index contributed by atoms with van der Waals surface area (Å²) in [5, 5.41) is 7.28. The van der Waals surface area contributed by atoms with Gasteiger partial charge in [-0.1, -0.05) is 66.2 Å². The lowest BCUT2D eigenvalue weighted by atomic mass is 10.1. The van der Waals surface area contributed by atoms with Gasteiger partial charge in [0.15, 0.2) is 5.65 Å². The number of hydrogen-bond acceptors (Lipinski definition) is 2. The second-order valence-corrected chi connectivity index (χ2v) is 6.56. The largest absolute Gasteiger partial charge is 0.237 e. The molecule has 3 nitrogen and oxygen atoms in total. The minimum Gasteiger partial charge on any atom is -0.237 e. The highest BCUT2D eigenvalue weighted by Crippen LogP contribution is 2.26. The Balaban J connectivity index is 1.68. The first-order valence-electron chi connectivity index (χ1n) is 8.69. The van der Waals surface area contributed by atoms with E-state index in [2.05, 4.69) is 78.6 Å². The lowest BCUT2D eigenvalue weighted by Gasteiger charge is -2.06. The Bertz CT molecular complexity index is 1230. The minimum absolute atomic E-state index is 0.853. The van der Waals surface area contributed by atoms with Crippen LogP contribution in [0.5, 0.6) is 0 Å². The van der Waals surface area contributed by atoms with Gasteiger partial charge in [-0.3, -0.25) is 0 Å². The van der Waals surface area contributed by atoms with E-state index in [-0.39, 0.29) is 0 Å². The van der Waals surface area contributed by atoms with E-state index in [0.29, 0.717) is 0 Å². The van der Waals surface area contributed by atoms with Crippen LogP contribution < -0.4 is 0 Å². The van der Waals surface area contributed by atoms with E-state index in [1.165, 1.54) is 16.3 Å². The number of hydrogen-bond donors (Lipinski definition) is 0. The molecule has 0 saturated carbocycles. The molecule has 0 unspecified atom stereocenters. The van der Waals surface area contributed by atoms with Gasteiger partial charge in [-0.25, -0.2) is 9.50 Å². The van der Waals surface area contributed by atoms with Crippen molar-refractivity contribution in [3.05, 3.63) is 90.6 Å². The molecule has 0 spiro atoms. The Hall–Kier alpha value is -3.46. The van der Waals surface area contributed by atoms with E-state index in [1.54, 1.807) is 0 Å². The normalized spacial score (nSPS) is 11.3. The maximum absolute atomic E-state index is 4.82. The van der Waals surface area contributed by atoms with Gasteiger partial charge in [-0.05, 0) is 29.8 Å². The van der Waals surface area contributed by atoms with Crippen molar-refractivity contribution in [2.45, 2.75) is 6.92 Å². The molecule has 0 atom stereocenters. The maximum Gasteiger partial charge on any atom is 0.156 e. The van der Waals surface area contributed by atoms with Gasteiger partial charge in [0.25, 0.3) is 0 Å². The number of fused-ring (bicyclic) bond motifs is 2. The number of rotatable bonds is 2. The van der Waals surface area contributed by atoms with Gasteiger partial charge in [0.05, 0.1) is 11.4 Å². The monoisotopic (exact) mass is 335 g/mol. The molecule has 26 heavy (non-hydrogen) atoms. The molecule has 0 amide bonds. The number of aromatic nitrogens is 3. The summed E-state index contributed by atoms with van der Waals surface area (Å²) in [5.41, 5.74) is 6.31. The Labute approximate surface area is 151 Å². The first-order valence-corrected chi connectivity index (χ1v) is 8.69. The van der Waals surface area contributed by atoms with Gasteiger partial charge in [0.1, 0.15) is 0 Å². The first kappa shape index (κ1) is 14.8. The molecule has 2 heterocycles. The lowest BCUT2D eigenvalue weighted by Crippen LogP contribution is -1.95. The summed E-state index contributed by atoms with van der Waals surface area (Å²) in [6.07, 6.45) is 1.85. The molecule has 0 N–H and O–H groups in total. The van der Waals surface area contributed by atoms with Crippen molar-refractivity contribution in [1.82, 2.24) is 14.6 Å². The summed E-state index contributed by atoms with van der Waals surface area (Å²) in [6.45, 7) is 2.09. The Morgan fingerprint density at radius 2 is 1.50 bits per heavy atom. The fourth-order valence-electron chi connectivity index (χ4n) is 3.33. The van der Waals surface area contributed by atoms with E-state index < -0.39 is 0 Å². The molecule has 124 valence electrons. The number of nitrogens with zero attached hydrogens (tertiary/aromatic N) is 3. The quantitative estimate of drug-likeness (QED) is 0.425. The van der Waals surface area contributed by atoms with Crippen LogP contribution in [0.1, 0.15) is 5.56 Å². The van der Waals surface area contributed by atoms with Crippen LogP contribution >= 0.6 is 0 Å². The van der Waals surface area contributed by atoms with Crippen molar-refractivity contribution >= 4 is 16.4 Å². The molecular formula is C23H17N3. The van der Waals surface area contributed by atoms with E-state index in [4.69, 9.17) is 5.10 Å². The summed E-state index contributed by atoms with van der Waals surface area (Å²) in [6, 6.07) is 27.4. The molecule has 0 fully saturated rings. The second-order valence-electron chi connectivity index (χ2n) is 6.56. The predicted molar refractivity (Wildman–Crippen MR) is 106 cm³/mol. The number of aryl methyl sites for hydroxylation is 1. The van der Waals surface area contributed by atoms with Gasteiger partial charge < -0.3 is 0 Å². The SMILES string of the molecule is Cc1ccc(-c2cc3nccc(-c4ccc5ccccc5c4)n3n2)cc1. The minimum atomic E-state index is 0.853. The third-order valence-corrected chi connectivity index (χ3v) is 4.75. The fraction of sp³-hybridized carbons (Fsp3) is 0.0435. The third kappa shape index (κ3) is 2.45. The van der Waals surface area contributed by atoms with Gasteiger partial charge >= 0.3 is 0 Å². The highest BCUT2D eigenvalue weighted by molar-refractivity contribution is 5.87. The van der Waals surface area contributed by atoms with Crippen LogP contribution in [0.4, 0.5) is 0 Å². The van der Waals surface area contributed by atoms with Crippen molar-refractivity contribution < 1.29 is 0 Å². The smallest absolute Gasteiger partial charge is 0.156 e. The molecule has 0 aliphatic rings. The van der Waals surface area contributed by atoms with Crippen LogP contribution in [0.3, 0.4) is 0 Å². The molecule has 0 radical (unpaired) electrons. The van der Waals surface area contributed by atoms with Crippen LogP contribution in [0.2, 0.25) is 0 Å². The standard InChI is InChI=1S/C23H17N3/c1-16-6-8-18(9-7-16)21-15-23-24-13-12-22(26(23)25-21)20-11-10-17-4-2-3-5-19(17)14-20/h2-15H,1H3. The van der Waals surface area contributed by atoms with Crippen LogP contribution in [-0.2, 0) is 0 Å². The van der Waals surface area contributed by atoms with Gasteiger partial charge in [-0.2, -0.15) is 5.10 Å². The molecule has 0 aliphatic heterocycles. The summed E-state index contributed by atoms with van der Waals surface area (Å²) >= 11 is 0. The van der Waals surface area contributed by atoms with Gasteiger partial charge in [-0.15, -0.1) is 0 Å². The van der Waals surface area contributed by atoms with Crippen molar-refractivity contribution in [1.29, 1.82) is 0 Å². The van der Waals surface area contributed by atoms with E-state index in [0.717, 1.165) is 28.2 Å². The van der Waals surface area contributed by atoms with Gasteiger partial charge in [0, 0.05) is 23.4 Å². The zero-order valence-corrected chi connectivity index (χ0v) is 14.4. The molecule has 2 aromatic heterocycles. The van der Waals surface area contributed by atoms with Crippen LogP contribution in [0, 0.1) is 6.92 Å². The highest BCUT2D eigenvalue weighted by Gasteiger charge is 2.10. The molecule has 5 rings (SSSR count). The van der Waals surface area contributed by atoms with Crippen LogP contribution in [0.25, 0.3) is 38.9 Å². The lowest BCUT2D eigenvalue weighted by molar-refractivity contribution is 0.952. The second kappa shape index (κ2) is 5.81. The van der Waals surface area contributed by atoms with E-state index in [9.17, 15) is 0 Å². The third-order valence-electron chi connectivity index (χ3n) is 4.75. The summed E-state index contributed by atoms with van der Waals surface area (Å²) in [5.74, 6) is 0. The predicted octanol–water partition coefficient (Wildman–Crippen LogP) is 5.52. The van der Waals surface area contributed by atoms with Crippen molar-refractivity contribution in [3.63, 3.8) is 0 Å². The molecule has 0 bridgehead atoms.